The summed E-state index contributed by atoms with van der Waals surface area (Å²) in [4.78, 5) is 21.8. The molecule has 1 aliphatic carbocycles. The standard InChI is InChI=1S/C13H20N4O2/c1-13(2,19)8-17(3)12(18)16-10-6-14-11(15-7-10)9-4-5-9/h6-7,9,19H,4-5,8H2,1-3H3,(H,16,18). The summed E-state index contributed by atoms with van der Waals surface area (Å²) in [7, 11) is 1.63. The van der Waals surface area contributed by atoms with Crippen LogP contribution >= 0.6 is 0 Å². The van der Waals surface area contributed by atoms with Crippen molar-refractivity contribution in [3.8, 4) is 0 Å². The summed E-state index contributed by atoms with van der Waals surface area (Å²) < 4.78 is 0. The Morgan fingerprint density at radius 2 is 2.05 bits per heavy atom. The molecule has 0 saturated heterocycles. The van der Waals surface area contributed by atoms with E-state index in [0.29, 0.717) is 11.6 Å². The van der Waals surface area contributed by atoms with Crippen molar-refractivity contribution >= 4 is 11.7 Å². The summed E-state index contributed by atoms with van der Waals surface area (Å²) in [6.45, 7) is 3.56. The molecule has 0 radical (unpaired) electrons. The largest absolute Gasteiger partial charge is 0.389 e. The van der Waals surface area contributed by atoms with Crippen LogP contribution in [0.15, 0.2) is 12.4 Å². The number of amides is 2. The van der Waals surface area contributed by atoms with Crippen molar-refractivity contribution in [2.45, 2.75) is 38.2 Å². The smallest absolute Gasteiger partial charge is 0.321 e. The summed E-state index contributed by atoms with van der Waals surface area (Å²) in [5.74, 6) is 1.35. The Kier molecular flexibility index (Phi) is 3.71. The van der Waals surface area contributed by atoms with Gasteiger partial charge in [-0.2, -0.15) is 0 Å². The number of rotatable bonds is 4. The molecule has 0 aromatic carbocycles. The first-order valence-corrected chi connectivity index (χ1v) is 6.41. The van der Waals surface area contributed by atoms with Gasteiger partial charge in [0.15, 0.2) is 0 Å². The van der Waals surface area contributed by atoms with Crippen LogP contribution < -0.4 is 5.32 Å². The van der Waals surface area contributed by atoms with Gasteiger partial charge in [0, 0.05) is 13.0 Å². The monoisotopic (exact) mass is 264 g/mol. The van der Waals surface area contributed by atoms with Crippen molar-refractivity contribution < 1.29 is 9.90 Å². The van der Waals surface area contributed by atoms with Gasteiger partial charge in [0.05, 0.1) is 30.2 Å². The summed E-state index contributed by atoms with van der Waals surface area (Å²) >= 11 is 0. The van der Waals surface area contributed by atoms with Gasteiger partial charge in [-0.1, -0.05) is 0 Å². The maximum Gasteiger partial charge on any atom is 0.321 e. The molecule has 0 aliphatic heterocycles. The Bertz CT molecular complexity index is 449. The van der Waals surface area contributed by atoms with Gasteiger partial charge in [0.2, 0.25) is 0 Å². The third kappa shape index (κ3) is 4.17. The highest BCUT2D eigenvalue weighted by Crippen LogP contribution is 2.37. The predicted octanol–water partition coefficient (Wildman–Crippen LogP) is 1.59. The molecule has 1 fully saturated rings. The van der Waals surface area contributed by atoms with Gasteiger partial charge < -0.3 is 15.3 Å². The molecule has 1 aromatic heterocycles. The van der Waals surface area contributed by atoms with Crippen molar-refractivity contribution in [2.24, 2.45) is 0 Å². The fourth-order valence-corrected chi connectivity index (χ4v) is 1.83. The van der Waals surface area contributed by atoms with E-state index in [1.807, 2.05) is 0 Å². The van der Waals surface area contributed by atoms with Crippen molar-refractivity contribution in [1.82, 2.24) is 14.9 Å². The molecule has 0 spiro atoms. The zero-order valence-electron chi connectivity index (χ0n) is 11.6. The van der Waals surface area contributed by atoms with Crippen molar-refractivity contribution in [3.63, 3.8) is 0 Å². The number of nitrogens with zero attached hydrogens (tertiary/aromatic N) is 3. The lowest BCUT2D eigenvalue weighted by atomic mass is 10.1. The Hall–Kier alpha value is -1.69. The van der Waals surface area contributed by atoms with E-state index in [2.05, 4.69) is 15.3 Å². The van der Waals surface area contributed by atoms with Crippen LogP contribution in [-0.2, 0) is 0 Å². The van der Waals surface area contributed by atoms with Crippen LogP contribution in [0.3, 0.4) is 0 Å². The van der Waals surface area contributed by atoms with E-state index in [0.717, 1.165) is 18.7 Å². The van der Waals surface area contributed by atoms with Gasteiger partial charge >= 0.3 is 6.03 Å². The minimum absolute atomic E-state index is 0.250. The zero-order valence-corrected chi connectivity index (χ0v) is 11.6. The van der Waals surface area contributed by atoms with E-state index in [1.54, 1.807) is 33.3 Å². The highest BCUT2D eigenvalue weighted by molar-refractivity contribution is 5.88. The third-order valence-corrected chi connectivity index (χ3v) is 2.84. The number of nitrogens with one attached hydrogen (secondary N) is 1. The molecule has 19 heavy (non-hydrogen) atoms. The molecule has 0 atom stereocenters. The number of hydrogen-bond acceptors (Lipinski definition) is 4. The maximum absolute atomic E-state index is 11.9. The quantitative estimate of drug-likeness (QED) is 0.865. The predicted molar refractivity (Wildman–Crippen MR) is 72.0 cm³/mol. The van der Waals surface area contributed by atoms with Crippen molar-refractivity contribution in [2.75, 3.05) is 18.9 Å². The van der Waals surface area contributed by atoms with E-state index < -0.39 is 5.60 Å². The number of urea groups is 1. The lowest BCUT2D eigenvalue weighted by Gasteiger charge is -2.25. The third-order valence-electron chi connectivity index (χ3n) is 2.84. The van der Waals surface area contributed by atoms with Gasteiger partial charge in [-0.05, 0) is 26.7 Å². The molecule has 1 heterocycles. The number of aliphatic hydroxyl groups is 1. The van der Waals surface area contributed by atoms with E-state index in [9.17, 15) is 9.90 Å². The Labute approximate surface area is 112 Å². The van der Waals surface area contributed by atoms with Crippen LogP contribution in [-0.4, -0.2) is 45.2 Å². The Balaban J connectivity index is 1.90. The van der Waals surface area contributed by atoms with E-state index in [4.69, 9.17) is 0 Å². The molecular weight excluding hydrogens is 244 g/mol. The number of likely N-dealkylation sites (N-methyl/N-ethyl adjacent to an activating group) is 1. The van der Waals surface area contributed by atoms with Crippen LogP contribution in [0.25, 0.3) is 0 Å². The molecule has 1 aromatic rings. The first-order valence-electron chi connectivity index (χ1n) is 6.41. The van der Waals surface area contributed by atoms with Crippen molar-refractivity contribution in [1.29, 1.82) is 0 Å². The molecule has 0 bridgehead atoms. The second-order valence-electron chi connectivity index (χ2n) is 5.70. The molecule has 1 saturated carbocycles. The number of anilines is 1. The first-order chi connectivity index (χ1) is 8.85. The van der Waals surface area contributed by atoms with Gasteiger partial charge in [-0.15, -0.1) is 0 Å². The molecule has 104 valence electrons. The normalized spacial score (nSPS) is 15.2. The first kappa shape index (κ1) is 13.7. The summed E-state index contributed by atoms with van der Waals surface area (Å²) in [6, 6.07) is -0.287. The van der Waals surface area contributed by atoms with Crippen LogP contribution in [0.5, 0.6) is 0 Å². The summed E-state index contributed by atoms with van der Waals surface area (Å²) in [5, 5.41) is 12.4. The summed E-state index contributed by atoms with van der Waals surface area (Å²) in [6.07, 6.45) is 5.55. The van der Waals surface area contributed by atoms with E-state index in [1.165, 1.54) is 4.90 Å². The van der Waals surface area contributed by atoms with Crippen LogP contribution in [0.2, 0.25) is 0 Å². The molecule has 6 heteroatoms. The van der Waals surface area contributed by atoms with Gasteiger partial charge in [0.1, 0.15) is 5.82 Å². The fourth-order valence-electron chi connectivity index (χ4n) is 1.83. The molecule has 2 rings (SSSR count). The van der Waals surface area contributed by atoms with E-state index in [-0.39, 0.29) is 12.6 Å². The highest BCUT2D eigenvalue weighted by atomic mass is 16.3. The Morgan fingerprint density at radius 1 is 1.47 bits per heavy atom. The van der Waals surface area contributed by atoms with Gasteiger partial charge in [0.25, 0.3) is 0 Å². The van der Waals surface area contributed by atoms with E-state index >= 15 is 0 Å². The highest BCUT2D eigenvalue weighted by Gasteiger charge is 2.26. The maximum atomic E-state index is 11.9. The minimum atomic E-state index is -0.918. The Morgan fingerprint density at radius 3 is 2.53 bits per heavy atom. The second-order valence-corrected chi connectivity index (χ2v) is 5.70. The minimum Gasteiger partial charge on any atom is -0.389 e. The number of carbonyl (C=O) groups excluding carboxylic acids is 1. The van der Waals surface area contributed by atoms with Crippen LogP contribution in [0.1, 0.15) is 38.4 Å². The second kappa shape index (κ2) is 5.13. The lowest BCUT2D eigenvalue weighted by molar-refractivity contribution is 0.0550. The van der Waals surface area contributed by atoms with Crippen molar-refractivity contribution in [3.05, 3.63) is 18.2 Å². The summed E-state index contributed by atoms with van der Waals surface area (Å²) in [5.41, 5.74) is -0.352. The lowest BCUT2D eigenvalue weighted by Crippen LogP contribution is -2.41. The molecule has 2 amide bonds. The van der Waals surface area contributed by atoms with Crippen LogP contribution in [0.4, 0.5) is 10.5 Å². The zero-order chi connectivity index (χ0) is 14.0. The molecular formula is C13H20N4O2. The number of hydrogen-bond donors (Lipinski definition) is 2. The van der Waals surface area contributed by atoms with Crippen LogP contribution in [0, 0.1) is 0 Å². The van der Waals surface area contributed by atoms with Gasteiger partial charge in [-0.3, -0.25) is 0 Å². The average molecular weight is 264 g/mol. The molecule has 0 unspecified atom stereocenters. The SMILES string of the molecule is CN(CC(C)(C)O)C(=O)Nc1cnc(C2CC2)nc1. The average Bonchev–Trinajstić information content (AvgIpc) is 3.11. The molecule has 1 aliphatic rings. The molecule has 6 nitrogen and oxygen atoms in total. The number of aromatic nitrogens is 2. The molecule has 2 N–H and O–H groups in total. The fraction of sp³-hybridized carbons (Fsp3) is 0.615. The topological polar surface area (TPSA) is 78.4 Å². The van der Waals surface area contributed by atoms with Gasteiger partial charge in [-0.25, -0.2) is 14.8 Å². The number of carbonyl (C=O) groups is 1.